The Hall–Kier alpha value is -0.710. The van der Waals surface area contributed by atoms with E-state index in [9.17, 15) is 9.13 Å². The van der Waals surface area contributed by atoms with E-state index in [1.54, 1.807) is 18.6 Å². The Kier molecular flexibility index (Phi) is 6.69. The van der Waals surface area contributed by atoms with Crippen molar-refractivity contribution in [2.24, 2.45) is 0 Å². The van der Waals surface area contributed by atoms with Crippen molar-refractivity contribution in [1.29, 1.82) is 0 Å². The zero-order chi connectivity index (χ0) is 14.3. The zero-order valence-electron chi connectivity index (χ0n) is 10.3. The third-order valence-corrected chi connectivity index (χ3v) is 5.95. The monoisotopic (exact) mass is 307 g/mol. The quantitative estimate of drug-likeness (QED) is 0.494. The summed E-state index contributed by atoms with van der Waals surface area (Å²) < 4.78 is 21.9. The molecule has 1 heterocycles. The average Bonchev–Trinajstić information content (AvgIpc) is 2.32. The molecule has 0 aliphatic rings. The SMILES string of the molecule is O=[P+](O)C(CCCCCc1cnccn1)P(=O)(O)O. The first kappa shape index (κ1) is 16.3. The van der Waals surface area contributed by atoms with Crippen LogP contribution in [-0.2, 0) is 15.6 Å². The zero-order valence-corrected chi connectivity index (χ0v) is 12.1. The second-order valence-corrected chi connectivity index (χ2v) is 7.61. The molecular weight excluding hydrogens is 290 g/mol. The van der Waals surface area contributed by atoms with Gasteiger partial charge in [0.1, 0.15) is 0 Å². The molecule has 19 heavy (non-hydrogen) atoms. The minimum absolute atomic E-state index is 0.0520. The van der Waals surface area contributed by atoms with Crippen LogP contribution in [0.5, 0.6) is 0 Å². The summed E-state index contributed by atoms with van der Waals surface area (Å²) in [5.41, 5.74) is 0.863. The third-order valence-electron chi connectivity index (χ3n) is 2.66. The molecule has 0 aromatic carbocycles. The van der Waals surface area contributed by atoms with Gasteiger partial charge in [-0.25, -0.2) is 0 Å². The summed E-state index contributed by atoms with van der Waals surface area (Å²) in [5.74, 6) is 0. The fraction of sp³-hybridized carbons (Fsp3) is 0.600. The van der Waals surface area contributed by atoms with Gasteiger partial charge in [0.25, 0.3) is 5.40 Å². The van der Waals surface area contributed by atoms with Gasteiger partial charge in [-0.15, -0.1) is 0 Å². The van der Waals surface area contributed by atoms with Crippen molar-refractivity contribution in [2.45, 2.75) is 37.5 Å². The topological polar surface area (TPSA) is 121 Å². The van der Waals surface area contributed by atoms with Crippen LogP contribution in [0, 0.1) is 0 Å². The van der Waals surface area contributed by atoms with Crippen molar-refractivity contribution in [1.82, 2.24) is 9.97 Å². The lowest BCUT2D eigenvalue weighted by molar-refractivity contribution is 0.361. The van der Waals surface area contributed by atoms with Gasteiger partial charge >= 0.3 is 15.6 Å². The smallest absolute Gasteiger partial charge is 0.321 e. The van der Waals surface area contributed by atoms with Crippen LogP contribution in [0.15, 0.2) is 18.6 Å². The van der Waals surface area contributed by atoms with Crippen molar-refractivity contribution in [3.8, 4) is 0 Å². The van der Waals surface area contributed by atoms with Crippen LogP contribution in [0.1, 0.15) is 31.4 Å². The molecule has 0 fully saturated rings. The van der Waals surface area contributed by atoms with E-state index in [2.05, 4.69) is 9.97 Å². The van der Waals surface area contributed by atoms with Crippen LogP contribution in [0.25, 0.3) is 0 Å². The number of aromatic nitrogens is 2. The lowest BCUT2D eigenvalue weighted by Gasteiger charge is -2.06. The number of hydrogen-bond donors (Lipinski definition) is 3. The van der Waals surface area contributed by atoms with Crippen molar-refractivity contribution in [3.63, 3.8) is 0 Å². The average molecular weight is 307 g/mol. The Morgan fingerprint density at radius 3 is 2.53 bits per heavy atom. The first-order valence-corrected chi connectivity index (χ1v) is 8.83. The van der Waals surface area contributed by atoms with Gasteiger partial charge in [0, 0.05) is 25.0 Å². The maximum Gasteiger partial charge on any atom is 0.521 e. The van der Waals surface area contributed by atoms with Gasteiger partial charge in [-0.05, 0) is 23.8 Å². The van der Waals surface area contributed by atoms with Crippen molar-refractivity contribution >= 4 is 15.6 Å². The van der Waals surface area contributed by atoms with Crippen LogP contribution < -0.4 is 0 Å². The van der Waals surface area contributed by atoms with Gasteiger partial charge in [0.2, 0.25) is 0 Å². The molecule has 106 valence electrons. The molecule has 1 aromatic rings. The molecule has 0 amide bonds. The Bertz CT molecular complexity index is 450. The molecule has 0 aliphatic heterocycles. The van der Waals surface area contributed by atoms with Crippen LogP contribution in [-0.4, -0.2) is 30.0 Å². The number of rotatable bonds is 8. The van der Waals surface area contributed by atoms with E-state index in [0.717, 1.165) is 25.0 Å². The second kappa shape index (κ2) is 7.78. The summed E-state index contributed by atoms with van der Waals surface area (Å²) in [6.07, 6.45) is 7.67. The predicted octanol–water partition coefficient (Wildman–Crippen LogP) is 1.82. The summed E-state index contributed by atoms with van der Waals surface area (Å²) in [5, 5.41) is -1.45. The molecule has 0 radical (unpaired) electrons. The fourth-order valence-electron chi connectivity index (χ4n) is 1.68. The first-order chi connectivity index (χ1) is 8.91. The van der Waals surface area contributed by atoms with Gasteiger partial charge in [-0.3, -0.25) is 14.5 Å². The Labute approximate surface area is 112 Å². The highest BCUT2D eigenvalue weighted by Gasteiger charge is 2.44. The van der Waals surface area contributed by atoms with E-state index in [0.29, 0.717) is 6.42 Å². The molecule has 1 rings (SSSR count). The molecule has 0 spiro atoms. The van der Waals surface area contributed by atoms with Gasteiger partial charge in [-0.2, -0.15) is 4.89 Å². The van der Waals surface area contributed by atoms with Crippen molar-refractivity contribution < 1.29 is 23.8 Å². The minimum atomic E-state index is -4.49. The van der Waals surface area contributed by atoms with Gasteiger partial charge in [-0.1, -0.05) is 6.42 Å². The molecule has 1 aromatic heterocycles. The number of aryl methyl sites for hydroxylation is 1. The highest BCUT2D eigenvalue weighted by molar-refractivity contribution is 7.65. The number of nitrogens with zero attached hydrogens (tertiary/aromatic N) is 2. The van der Waals surface area contributed by atoms with Crippen LogP contribution >= 0.6 is 15.6 Å². The molecule has 0 aliphatic carbocycles. The molecule has 0 saturated heterocycles. The van der Waals surface area contributed by atoms with Crippen molar-refractivity contribution in [3.05, 3.63) is 24.3 Å². The summed E-state index contributed by atoms with van der Waals surface area (Å²) in [4.78, 5) is 34.8. The predicted molar refractivity (Wildman–Crippen MR) is 69.9 cm³/mol. The molecule has 9 heteroatoms. The van der Waals surface area contributed by atoms with E-state index in [-0.39, 0.29) is 6.42 Å². The van der Waals surface area contributed by atoms with Crippen LogP contribution in [0.4, 0.5) is 0 Å². The second-order valence-electron chi connectivity index (χ2n) is 4.17. The number of unbranched alkanes of at least 4 members (excludes halogenated alkanes) is 2. The maximum atomic E-state index is 11.0. The van der Waals surface area contributed by atoms with Gasteiger partial charge < -0.3 is 9.79 Å². The lowest BCUT2D eigenvalue weighted by Crippen LogP contribution is -2.03. The normalized spacial score (nSPS) is 14.2. The Morgan fingerprint density at radius 1 is 1.26 bits per heavy atom. The van der Waals surface area contributed by atoms with Gasteiger partial charge in [0.15, 0.2) is 0 Å². The van der Waals surface area contributed by atoms with E-state index >= 15 is 0 Å². The highest BCUT2D eigenvalue weighted by atomic mass is 31.2. The molecule has 0 saturated carbocycles. The molecule has 2 atom stereocenters. The molecular formula is C10H17N2O5P2+. The van der Waals surface area contributed by atoms with Crippen molar-refractivity contribution in [2.75, 3.05) is 0 Å². The maximum absolute atomic E-state index is 11.0. The first-order valence-electron chi connectivity index (χ1n) is 5.86. The van der Waals surface area contributed by atoms with E-state index in [1.807, 2.05) is 0 Å². The Balaban J connectivity index is 2.26. The number of hydrogen-bond acceptors (Lipinski definition) is 4. The summed E-state index contributed by atoms with van der Waals surface area (Å²) in [6, 6.07) is 0. The van der Waals surface area contributed by atoms with Crippen LogP contribution in [0.3, 0.4) is 0 Å². The summed E-state index contributed by atoms with van der Waals surface area (Å²) >= 11 is 0. The molecule has 3 N–H and O–H groups in total. The summed E-state index contributed by atoms with van der Waals surface area (Å²) in [6.45, 7) is 0. The standard InChI is InChI=1S/C10H16N2O5P2/c13-18(14)10(19(15,16)17)5-3-1-2-4-9-8-11-6-7-12-9/h6-8,10H,1-5H2,(H2-,13,14,15,16,17)/p+1. The molecule has 7 nitrogen and oxygen atoms in total. The minimum Gasteiger partial charge on any atom is -0.321 e. The Morgan fingerprint density at radius 2 is 2.00 bits per heavy atom. The summed E-state index contributed by atoms with van der Waals surface area (Å²) in [7, 11) is -7.35. The van der Waals surface area contributed by atoms with E-state index in [4.69, 9.17) is 14.7 Å². The van der Waals surface area contributed by atoms with Gasteiger partial charge in [0.05, 0.1) is 5.69 Å². The third kappa shape index (κ3) is 6.32. The molecule has 2 unspecified atom stereocenters. The molecule has 0 bridgehead atoms. The highest BCUT2D eigenvalue weighted by Crippen LogP contribution is 2.53. The van der Waals surface area contributed by atoms with E-state index in [1.165, 1.54) is 0 Å². The van der Waals surface area contributed by atoms with E-state index < -0.39 is 21.0 Å². The lowest BCUT2D eigenvalue weighted by atomic mass is 10.1. The largest absolute Gasteiger partial charge is 0.521 e. The fourth-order valence-corrected chi connectivity index (χ4v) is 3.63. The van der Waals surface area contributed by atoms with Crippen LogP contribution in [0.2, 0.25) is 0 Å².